The lowest BCUT2D eigenvalue weighted by Crippen LogP contribution is -2.13. The molecule has 0 saturated carbocycles. The minimum absolute atomic E-state index is 0.666. The van der Waals surface area contributed by atoms with Crippen molar-refractivity contribution in [3.63, 3.8) is 0 Å². The van der Waals surface area contributed by atoms with Crippen molar-refractivity contribution in [1.82, 2.24) is 4.98 Å². The molecule has 0 aliphatic heterocycles. The molecule has 76 valence electrons. The molecule has 2 aromatic carbocycles. The second-order valence-electron chi connectivity index (χ2n) is 3.88. The molecule has 0 fully saturated rings. The number of benzene rings is 2. The van der Waals surface area contributed by atoms with E-state index in [0.717, 1.165) is 16.1 Å². The molecule has 0 aliphatic carbocycles. The number of para-hydroxylation sites is 1. The summed E-state index contributed by atoms with van der Waals surface area (Å²) in [6.45, 7) is 0. The molecule has 1 heterocycles. The summed E-state index contributed by atoms with van der Waals surface area (Å²) in [5.41, 5.74) is 3.32. The highest BCUT2D eigenvalue weighted by Crippen LogP contribution is 2.28. The molecular formula is C13H7B2NS. The second kappa shape index (κ2) is 4.04. The van der Waals surface area contributed by atoms with E-state index in [-0.39, 0.29) is 0 Å². The molecule has 4 heteroatoms. The first kappa shape index (κ1) is 10.6. The predicted octanol–water partition coefficient (Wildman–Crippen LogP) is 1.55. The van der Waals surface area contributed by atoms with Crippen LogP contribution in [0.4, 0.5) is 0 Å². The van der Waals surface area contributed by atoms with E-state index in [2.05, 4.69) is 11.1 Å². The van der Waals surface area contributed by atoms with Crippen LogP contribution in [0, 0.1) is 0 Å². The van der Waals surface area contributed by atoms with Crippen molar-refractivity contribution in [2.75, 3.05) is 0 Å². The highest BCUT2D eigenvalue weighted by molar-refractivity contribution is 7.21. The average Bonchev–Trinajstić information content (AvgIpc) is 2.71. The Morgan fingerprint density at radius 2 is 1.65 bits per heavy atom. The van der Waals surface area contributed by atoms with Gasteiger partial charge in [0.2, 0.25) is 0 Å². The maximum atomic E-state index is 5.79. The molecule has 0 spiro atoms. The van der Waals surface area contributed by atoms with Gasteiger partial charge in [0.05, 0.1) is 10.2 Å². The van der Waals surface area contributed by atoms with E-state index >= 15 is 0 Å². The Labute approximate surface area is 106 Å². The van der Waals surface area contributed by atoms with Gasteiger partial charge in [0.1, 0.15) is 20.7 Å². The van der Waals surface area contributed by atoms with Crippen LogP contribution < -0.4 is 10.9 Å². The van der Waals surface area contributed by atoms with Crippen LogP contribution in [-0.2, 0) is 0 Å². The molecule has 0 unspecified atom stereocenters. The minimum atomic E-state index is 0.666. The van der Waals surface area contributed by atoms with E-state index in [9.17, 15) is 0 Å². The minimum Gasteiger partial charge on any atom is -0.236 e. The summed E-state index contributed by atoms with van der Waals surface area (Å²) in [7, 11) is 11.6. The SMILES string of the molecule is [B]c1cc([B])cc(-c2nc3ccccc3s2)c1. The molecule has 0 saturated heterocycles. The maximum absolute atomic E-state index is 5.79. The standard InChI is InChI=1S/C13H7B2NS/c14-9-5-8(6-10(15)7-9)13-16-11-3-1-2-4-12(11)17-13/h1-7H. The van der Waals surface area contributed by atoms with Crippen molar-refractivity contribution < 1.29 is 0 Å². The van der Waals surface area contributed by atoms with E-state index < -0.39 is 0 Å². The van der Waals surface area contributed by atoms with E-state index in [0.29, 0.717) is 10.9 Å². The fourth-order valence-corrected chi connectivity index (χ4v) is 2.75. The van der Waals surface area contributed by atoms with Gasteiger partial charge in [-0.15, -0.1) is 11.3 Å². The highest BCUT2D eigenvalue weighted by atomic mass is 32.1. The Hall–Kier alpha value is -1.54. The zero-order valence-corrected chi connectivity index (χ0v) is 9.87. The first-order chi connectivity index (χ1) is 8.22. The Morgan fingerprint density at radius 3 is 2.35 bits per heavy atom. The van der Waals surface area contributed by atoms with Crippen LogP contribution in [0.5, 0.6) is 0 Å². The first-order valence-electron chi connectivity index (χ1n) is 5.24. The van der Waals surface area contributed by atoms with Gasteiger partial charge in [-0.2, -0.15) is 0 Å². The molecule has 0 bridgehead atoms. The van der Waals surface area contributed by atoms with Gasteiger partial charge in [-0.25, -0.2) is 4.98 Å². The number of aromatic nitrogens is 1. The first-order valence-corrected chi connectivity index (χ1v) is 6.06. The molecule has 17 heavy (non-hydrogen) atoms. The highest BCUT2D eigenvalue weighted by Gasteiger charge is 2.06. The largest absolute Gasteiger partial charge is 0.236 e. The van der Waals surface area contributed by atoms with Gasteiger partial charge in [0.15, 0.2) is 0 Å². The lowest BCUT2D eigenvalue weighted by Gasteiger charge is -2.01. The van der Waals surface area contributed by atoms with Gasteiger partial charge in [0, 0.05) is 5.56 Å². The lowest BCUT2D eigenvalue weighted by molar-refractivity contribution is 1.48. The molecule has 3 rings (SSSR count). The summed E-state index contributed by atoms with van der Waals surface area (Å²) < 4.78 is 1.17. The lowest BCUT2D eigenvalue weighted by atomic mass is 9.86. The third-order valence-corrected chi connectivity index (χ3v) is 3.60. The summed E-state index contributed by atoms with van der Waals surface area (Å²) in [6.07, 6.45) is 0. The van der Waals surface area contributed by atoms with E-state index in [1.165, 1.54) is 4.70 Å². The summed E-state index contributed by atoms with van der Waals surface area (Å²) in [4.78, 5) is 4.57. The molecule has 0 amide bonds. The third-order valence-electron chi connectivity index (χ3n) is 2.52. The van der Waals surface area contributed by atoms with Crippen LogP contribution in [0.3, 0.4) is 0 Å². The number of nitrogens with zero attached hydrogens (tertiary/aromatic N) is 1. The van der Waals surface area contributed by atoms with Crippen molar-refractivity contribution in [2.24, 2.45) is 0 Å². The number of hydrogen-bond acceptors (Lipinski definition) is 2. The molecule has 1 aromatic heterocycles. The van der Waals surface area contributed by atoms with Crippen LogP contribution >= 0.6 is 11.3 Å². The normalized spacial score (nSPS) is 10.8. The fourth-order valence-electron chi connectivity index (χ4n) is 1.80. The maximum Gasteiger partial charge on any atom is 0.124 e. The van der Waals surface area contributed by atoms with Gasteiger partial charge < -0.3 is 0 Å². The molecule has 0 N–H and O–H groups in total. The van der Waals surface area contributed by atoms with Crippen LogP contribution in [-0.4, -0.2) is 20.7 Å². The number of hydrogen-bond donors (Lipinski definition) is 0. The Bertz CT molecular complexity index is 637. The zero-order valence-electron chi connectivity index (χ0n) is 9.05. The Kier molecular flexibility index (Phi) is 2.52. The molecule has 1 nitrogen and oxygen atoms in total. The number of fused-ring (bicyclic) bond motifs is 1. The summed E-state index contributed by atoms with van der Waals surface area (Å²) in [6, 6.07) is 13.6. The van der Waals surface area contributed by atoms with E-state index in [1.807, 2.05) is 30.3 Å². The van der Waals surface area contributed by atoms with Crippen LogP contribution in [0.15, 0.2) is 42.5 Å². The van der Waals surface area contributed by atoms with Crippen LogP contribution in [0.25, 0.3) is 20.8 Å². The molecule has 3 aromatic rings. The smallest absolute Gasteiger partial charge is 0.124 e. The molecule has 0 aliphatic rings. The van der Waals surface area contributed by atoms with Crippen molar-refractivity contribution in [3.8, 4) is 10.6 Å². The van der Waals surface area contributed by atoms with Crippen LogP contribution in [0.2, 0.25) is 0 Å². The molecule has 0 atom stereocenters. The monoisotopic (exact) mass is 231 g/mol. The molecular weight excluding hydrogens is 224 g/mol. The van der Waals surface area contributed by atoms with Crippen LogP contribution in [0.1, 0.15) is 0 Å². The average molecular weight is 231 g/mol. The van der Waals surface area contributed by atoms with Gasteiger partial charge in [0.25, 0.3) is 0 Å². The van der Waals surface area contributed by atoms with Crippen molar-refractivity contribution in [1.29, 1.82) is 0 Å². The second-order valence-corrected chi connectivity index (χ2v) is 4.91. The topological polar surface area (TPSA) is 12.9 Å². The predicted molar refractivity (Wildman–Crippen MR) is 75.8 cm³/mol. The third kappa shape index (κ3) is 2.01. The van der Waals surface area contributed by atoms with Gasteiger partial charge in [-0.1, -0.05) is 41.3 Å². The van der Waals surface area contributed by atoms with Crippen molar-refractivity contribution in [3.05, 3.63) is 42.5 Å². The quantitative estimate of drug-likeness (QED) is 0.579. The summed E-state index contributed by atoms with van der Waals surface area (Å²) in [5.74, 6) is 0. The Balaban J connectivity index is 2.20. The zero-order chi connectivity index (χ0) is 11.8. The number of thiazole rings is 1. The van der Waals surface area contributed by atoms with E-state index in [4.69, 9.17) is 15.7 Å². The summed E-state index contributed by atoms with van der Waals surface area (Å²) >= 11 is 1.65. The molecule has 4 radical (unpaired) electrons. The van der Waals surface area contributed by atoms with Crippen molar-refractivity contribution >= 4 is 48.2 Å². The van der Waals surface area contributed by atoms with Crippen molar-refractivity contribution in [2.45, 2.75) is 0 Å². The van der Waals surface area contributed by atoms with Gasteiger partial charge >= 0.3 is 0 Å². The van der Waals surface area contributed by atoms with E-state index in [1.54, 1.807) is 17.4 Å². The van der Waals surface area contributed by atoms with Gasteiger partial charge in [-0.3, -0.25) is 0 Å². The summed E-state index contributed by atoms with van der Waals surface area (Å²) in [5, 5.41) is 0.949. The van der Waals surface area contributed by atoms with Gasteiger partial charge in [-0.05, 0) is 12.1 Å². The number of rotatable bonds is 1. The Morgan fingerprint density at radius 1 is 0.941 bits per heavy atom. The fraction of sp³-hybridized carbons (Fsp3) is 0.